The van der Waals surface area contributed by atoms with E-state index >= 15 is 0 Å². The van der Waals surface area contributed by atoms with Crippen LogP contribution in [0, 0.1) is 6.92 Å². The van der Waals surface area contributed by atoms with E-state index in [0.717, 1.165) is 10.9 Å². The molecule has 0 atom stereocenters. The second-order valence-electron chi connectivity index (χ2n) is 2.79. The van der Waals surface area contributed by atoms with E-state index in [2.05, 4.69) is 4.98 Å². The Hall–Kier alpha value is -1.71. The Labute approximate surface area is 68.6 Å². The Bertz CT molecular complexity index is 480. The molecule has 4 heteroatoms. The van der Waals surface area contributed by atoms with E-state index in [1.807, 2.05) is 13.0 Å². The van der Waals surface area contributed by atoms with Gasteiger partial charge in [0.1, 0.15) is 5.52 Å². The number of pyridine rings is 1. The lowest BCUT2D eigenvalue weighted by Gasteiger charge is -1.96. The molecule has 2 aromatic rings. The molecule has 0 aliphatic carbocycles. The number of nitrogen functional groups attached to an aromatic ring is 1. The third kappa shape index (κ3) is 0.747. The van der Waals surface area contributed by atoms with Crippen molar-refractivity contribution in [1.29, 1.82) is 0 Å². The number of nitrogens with zero attached hydrogens (tertiary/aromatic N) is 1. The van der Waals surface area contributed by atoms with Crippen LogP contribution in [0.5, 0.6) is 0 Å². The van der Waals surface area contributed by atoms with Crippen LogP contribution in [0.2, 0.25) is 0 Å². The van der Waals surface area contributed by atoms with Crippen LogP contribution < -0.4 is 11.4 Å². The summed E-state index contributed by atoms with van der Waals surface area (Å²) in [6.45, 7) is 1.93. The highest BCUT2D eigenvalue weighted by molar-refractivity contribution is 5.82. The number of hydrogen-bond acceptors (Lipinski definition) is 2. The molecular formula is C8H9N3O. The first kappa shape index (κ1) is 6.97. The van der Waals surface area contributed by atoms with Crippen LogP contribution in [-0.2, 0) is 0 Å². The maximum atomic E-state index is 11.3. The second-order valence-corrected chi connectivity index (χ2v) is 2.79. The van der Waals surface area contributed by atoms with Gasteiger partial charge in [-0.1, -0.05) is 0 Å². The maximum absolute atomic E-state index is 11.3. The van der Waals surface area contributed by atoms with Crippen LogP contribution in [0.15, 0.2) is 23.3 Å². The third-order valence-electron chi connectivity index (χ3n) is 1.97. The molecule has 2 aromatic heterocycles. The van der Waals surface area contributed by atoms with Gasteiger partial charge in [-0.25, -0.2) is 0 Å². The van der Waals surface area contributed by atoms with Crippen molar-refractivity contribution >= 4 is 10.9 Å². The quantitative estimate of drug-likeness (QED) is 0.550. The predicted molar refractivity (Wildman–Crippen MR) is 47.4 cm³/mol. The van der Waals surface area contributed by atoms with Gasteiger partial charge in [-0.15, -0.1) is 0 Å². The largest absolute Gasteiger partial charge is 0.339 e. The van der Waals surface area contributed by atoms with E-state index in [1.54, 1.807) is 12.4 Å². The number of hydrogen-bond donors (Lipinski definition) is 2. The summed E-state index contributed by atoms with van der Waals surface area (Å²) in [6, 6.07) is 1.83. The molecule has 0 aliphatic rings. The molecule has 0 amide bonds. The van der Waals surface area contributed by atoms with Crippen molar-refractivity contribution < 1.29 is 0 Å². The van der Waals surface area contributed by atoms with Crippen LogP contribution in [0.1, 0.15) is 5.56 Å². The molecule has 4 nitrogen and oxygen atoms in total. The summed E-state index contributed by atoms with van der Waals surface area (Å²) in [5.41, 5.74) is 1.40. The minimum atomic E-state index is -0.150. The molecule has 62 valence electrons. The Balaban J connectivity index is 3.09. The van der Waals surface area contributed by atoms with Crippen molar-refractivity contribution in [2.75, 3.05) is 5.84 Å². The van der Waals surface area contributed by atoms with Crippen molar-refractivity contribution in [1.82, 2.24) is 9.66 Å². The number of H-pyrrole nitrogens is 1. The number of rotatable bonds is 0. The maximum Gasteiger partial charge on any atom is 0.274 e. The number of fused-ring (bicyclic) bond motifs is 1. The zero-order chi connectivity index (χ0) is 8.72. The fourth-order valence-corrected chi connectivity index (χ4v) is 1.33. The fraction of sp³-hybridized carbons (Fsp3) is 0.125. The summed E-state index contributed by atoms with van der Waals surface area (Å²) in [5, 5.41) is 0.904. The summed E-state index contributed by atoms with van der Waals surface area (Å²) in [7, 11) is 0. The number of aromatic amines is 1. The Morgan fingerprint density at radius 2 is 2.33 bits per heavy atom. The summed E-state index contributed by atoms with van der Waals surface area (Å²) < 4.78 is 1.33. The summed E-state index contributed by atoms with van der Waals surface area (Å²) >= 11 is 0. The predicted octanol–water partition coefficient (Wildman–Crippen LogP) is 0.352. The Morgan fingerprint density at radius 1 is 1.58 bits per heavy atom. The van der Waals surface area contributed by atoms with Gasteiger partial charge in [-0.2, -0.15) is 0 Å². The third-order valence-corrected chi connectivity index (χ3v) is 1.97. The van der Waals surface area contributed by atoms with Gasteiger partial charge in [0, 0.05) is 17.8 Å². The average Bonchev–Trinajstić information content (AvgIpc) is 2.42. The minimum absolute atomic E-state index is 0.150. The van der Waals surface area contributed by atoms with Gasteiger partial charge in [0.2, 0.25) is 0 Å². The molecule has 2 heterocycles. The smallest absolute Gasteiger partial charge is 0.274 e. The first-order valence-corrected chi connectivity index (χ1v) is 3.64. The standard InChI is InChI=1S/C8H9N3O/c1-5-4-10-8(12)7-6(5)2-3-11(7)9/h2-4H,9H2,1H3,(H,10,12). The highest BCUT2D eigenvalue weighted by atomic mass is 16.1. The number of nitrogens with two attached hydrogens (primary N) is 1. The van der Waals surface area contributed by atoms with Crippen molar-refractivity contribution in [2.24, 2.45) is 0 Å². The van der Waals surface area contributed by atoms with Gasteiger partial charge in [0.15, 0.2) is 0 Å². The lowest BCUT2D eigenvalue weighted by molar-refractivity contribution is 1.05. The van der Waals surface area contributed by atoms with Crippen LogP contribution in [0.25, 0.3) is 10.9 Å². The van der Waals surface area contributed by atoms with Crippen LogP contribution >= 0.6 is 0 Å². The molecule has 0 fully saturated rings. The van der Waals surface area contributed by atoms with Gasteiger partial charge < -0.3 is 10.8 Å². The monoisotopic (exact) mass is 163 g/mol. The van der Waals surface area contributed by atoms with Gasteiger partial charge in [0.05, 0.1) is 0 Å². The molecule has 12 heavy (non-hydrogen) atoms. The molecular weight excluding hydrogens is 154 g/mol. The lowest BCUT2D eigenvalue weighted by Crippen LogP contribution is -2.15. The second kappa shape index (κ2) is 2.14. The summed E-state index contributed by atoms with van der Waals surface area (Å²) in [6.07, 6.45) is 3.36. The van der Waals surface area contributed by atoms with E-state index in [1.165, 1.54) is 4.68 Å². The van der Waals surface area contributed by atoms with Crippen molar-refractivity contribution in [3.8, 4) is 0 Å². The molecule has 0 spiro atoms. The molecule has 0 unspecified atom stereocenters. The SMILES string of the molecule is Cc1c[nH]c(=O)c2c1ccn2N. The van der Waals surface area contributed by atoms with E-state index in [4.69, 9.17) is 5.84 Å². The highest BCUT2D eigenvalue weighted by Crippen LogP contribution is 2.12. The summed E-state index contributed by atoms with van der Waals surface area (Å²) in [5.74, 6) is 5.54. The van der Waals surface area contributed by atoms with E-state index in [-0.39, 0.29) is 5.56 Å². The van der Waals surface area contributed by atoms with Crippen molar-refractivity contribution in [2.45, 2.75) is 6.92 Å². The molecule has 0 saturated heterocycles. The molecule has 0 saturated carbocycles. The van der Waals surface area contributed by atoms with Gasteiger partial charge in [0.25, 0.3) is 5.56 Å². The minimum Gasteiger partial charge on any atom is -0.339 e. The first-order valence-electron chi connectivity index (χ1n) is 3.64. The van der Waals surface area contributed by atoms with Crippen LogP contribution in [0.4, 0.5) is 0 Å². The van der Waals surface area contributed by atoms with E-state index < -0.39 is 0 Å². The Morgan fingerprint density at radius 3 is 3.00 bits per heavy atom. The fourth-order valence-electron chi connectivity index (χ4n) is 1.33. The number of aromatic nitrogens is 2. The molecule has 0 aromatic carbocycles. The van der Waals surface area contributed by atoms with E-state index in [9.17, 15) is 4.79 Å². The van der Waals surface area contributed by atoms with Gasteiger partial charge in [-0.05, 0) is 18.6 Å². The first-order chi connectivity index (χ1) is 5.70. The summed E-state index contributed by atoms with van der Waals surface area (Å²) in [4.78, 5) is 13.9. The van der Waals surface area contributed by atoms with Gasteiger partial charge in [-0.3, -0.25) is 9.47 Å². The molecule has 0 radical (unpaired) electrons. The molecule has 2 rings (SSSR count). The number of nitrogens with one attached hydrogen (secondary N) is 1. The van der Waals surface area contributed by atoms with Gasteiger partial charge >= 0.3 is 0 Å². The van der Waals surface area contributed by atoms with Crippen LogP contribution in [-0.4, -0.2) is 9.66 Å². The van der Waals surface area contributed by atoms with Crippen molar-refractivity contribution in [3.63, 3.8) is 0 Å². The zero-order valence-corrected chi connectivity index (χ0v) is 6.66. The normalized spacial score (nSPS) is 10.8. The van der Waals surface area contributed by atoms with Crippen molar-refractivity contribution in [3.05, 3.63) is 34.4 Å². The topological polar surface area (TPSA) is 63.8 Å². The molecule has 0 aliphatic heterocycles. The molecule has 0 bridgehead atoms. The highest BCUT2D eigenvalue weighted by Gasteiger charge is 2.04. The average molecular weight is 163 g/mol. The number of aryl methyl sites for hydroxylation is 1. The van der Waals surface area contributed by atoms with Crippen LogP contribution in [0.3, 0.4) is 0 Å². The zero-order valence-electron chi connectivity index (χ0n) is 6.66. The Kier molecular flexibility index (Phi) is 1.24. The molecule has 3 N–H and O–H groups in total. The lowest BCUT2D eigenvalue weighted by atomic mass is 10.2. The van der Waals surface area contributed by atoms with E-state index in [0.29, 0.717) is 5.52 Å².